The summed E-state index contributed by atoms with van der Waals surface area (Å²) in [6.45, 7) is 4.49. The quantitative estimate of drug-likeness (QED) is 0.381. The zero-order valence-electron chi connectivity index (χ0n) is 15.4. The summed E-state index contributed by atoms with van der Waals surface area (Å²) in [5, 5.41) is 0. The van der Waals surface area contributed by atoms with Crippen molar-refractivity contribution in [2.45, 2.75) is 71.1 Å². The van der Waals surface area contributed by atoms with Gasteiger partial charge in [0.15, 0.2) is 0 Å². The molecule has 0 amide bonds. The number of nitrogen functional groups attached to an aromatic ring is 1. The summed E-state index contributed by atoms with van der Waals surface area (Å²) in [5.74, 6) is 0.489. The minimum absolute atomic E-state index is 0.489. The minimum atomic E-state index is 0.489. The molecule has 0 aliphatic carbocycles. The molecule has 24 heavy (non-hydrogen) atoms. The van der Waals surface area contributed by atoms with E-state index in [1.54, 1.807) is 0 Å². The summed E-state index contributed by atoms with van der Waals surface area (Å²) in [4.78, 5) is 0. The second kappa shape index (κ2) is 10.2. The second-order valence-electron chi connectivity index (χ2n) is 6.87. The number of anilines is 1. The van der Waals surface area contributed by atoms with Crippen LogP contribution < -0.4 is 5.73 Å². The van der Waals surface area contributed by atoms with E-state index in [1.165, 1.54) is 61.6 Å². The van der Waals surface area contributed by atoms with Crippen LogP contribution in [0.2, 0.25) is 0 Å². The number of hydrogen-bond acceptors (Lipinski definition) is 1. The average Bonchev–Trinajstić information content (AvgIpc) is 2.62. The van der Waals surface area contributed by atoms with E-state index in [1.807, 2.05) is 12.1 Å². The van der Waals surface area contributed by atoms with Crippen LogP contribution in [0.15, 0.2) is 48.5 Å². The van der Waals surface area contributed by atoms with E-state index in [-0.39, 0.29) is 0 Å². The van der Waals surface area contributed by atoms with Crippen molar-refractivity contribution in [3.63, 3.8) is 0 Å². The molecule has 2 aromatic carbocycles. The molecule has 0 aromatic heterocycles. The molecule has 2 aromatic rings. The zero-order valence-corrected chi connectivity index (χ0v) is 15.4. The van der Waals surface area contributed by atoms with Gasteiger partial charge >= 0.3 is 0 Å². The summed E-state index contributed by atoms with van der Waals surface area (Å²) >= 11 is 0. The fourth-order valence-electron chi connectivity index (χ4n) is 3.37. The van der Waals surface area contributed by atoms with Gasteiger partial charge in [-0.05, 0) is 41.7 Å². The van der Waals surface area contributed by atoms with Gasteiger partial charge in [-0.2, -0.15) is 0 Å². The first-order valence-electron chi connectivity index (χ1n) is 9.68. The fraction of sp³-hybridized carbons (Fsp3) is 0.478. The third-order valence-corrected chi connectivity index (χ3v) is 4.98. The first kappa shape index (κ1) is 18.6. The highest BCUT2D eigenvalue weighted by Crippen LogP contribution is 2.31. The van der Waals surface area contributed by atoms with E-state index in [9.17, 15) is 0 Å². The lowest BCUT2D eigenvalue weighted by atomic mass is 9.86. The number of nitrogens with two attached hydrogens (primary N) is 1. The smallest absolute Gasteiger partial charge is 0.0314 e. The van der Waals surface area contributed by atoms with Crippen molar-refractivity contribution in [2.75, 3.05) is 5.73 Å². The Morgan fingerprint density at radius 1 is 0.708 bits per heavy atom. The van der Waals surface area contributed by atoms with Crippen LogP contribution in [-0.4, -0.2) is 0 Å². The standard InChI is InChI=1S/C23H33N/c1-3-5-6-7-8-9-10-23(21-15-17-22(24)18-16-21)20-13-11-19(4-2)12-14-20/h11-18,23H,3-10,24H2,1-2H3. The molecule has 0 bridgehead atoms. The number of rotatable bonds is 10. The molecule has 1 nitrogen and oxygen atoms in total. The number of aryl methyl sites for hydroxylation is 1. The van der Waals surface area contributed by atoms with Gasteiger partial charge in [0.05, 0.1) is 0 Å². The van der Waals surface area contributed by atoms with Crippen molar-refractivity contribution in [2.24, 2.45) is 0 Å². The largest absolute Gasteiger partial charge is 0.399 e. The molecule has 0 aliphatic heterocycles. The van der Waals surface area contributed by atoms with E-state index < -0.39 is 0 Å². The van der Waals surface area contributed by atoms with Gasteiger partial charge in [-0.3, -0.25) is 0 Å². The van der Waals surface area contributed by atoms with Crippen LogP contribution >= 0.6 is 0 Å². The summed E-state index contributed by atoms with van der Waals surface area (Å²) in [7, 11) is 0. The highest BCUT2D eigenvalue weighted by atomic mass is 14.5. The van der Waals surface area contributed by atoms with Gasteiger partial charge in [-0.25, -0.2) is 0 Å². The number of benzene rings is 2. The molecule has 130 valence electrons. The van der Waals surface area contributed by atoms with Gasteiger partial charge in [-0.1, -0.05) is 88.8 Å². The van der Waals surface area contributed by atoms with Crippen molar-refractivity contribution in [3.8, 4) is 0 Å². The molecule has 2 N–H and O–H groups in total. The Hall–Kier alpha value is -1.76. The highest BCUT2D eigenvalue weighted by molar-refractivity contribution is 5.43. The van der Waals surface area contributed by atoms with Crippen LogP contribution in [-0.2, 0) is 6.42 Å². The maximum absolute atomic E-state index is 5.87. The molecule has 1 atom stereocenters. The van der Waals surface area contributed by atoms with Crippen LogP contribution in [0.1, 0.15) is 81.4 Å². The van der Waals surface area contributed by atoms with Crippen LogP contribution in [0.3, 0.4) is 0 Å². The van der Waals surface area contributed by atoms with Crippen LogP contribution in [0, 0.1) is 0 Å². The lowest BCUT2D eigenvalue weighted by Gasteiger charge is -2.19. The molecular weight excluding hydrogens is 290 g/mol. The molecular formula is C23H33N. The molecule has 0 radical (unpaired) electrons. The van der Waals surface area contributed by atoms with E-state index in [0.717, 1.165) is 12.1 Å². The molecule has 0 spiro atoms. The molecule has 0 heterocycles. The van der Waals surface area contributed by atoms with Crippen molar-refractivity contribution in [1.29, 1.82) is 0 Å². The monoisotopic (exact) mass is 323 g/mol. The second-order valence-corrected chi connectivity index (χ2v) is 6.87. The highest BCUT2D eigenvalue weighted by Gasteiger charge is 2.14. The van der Waals surface area contributed by atoms with Gasteiger partial charge in [0.1, 0.15) is 0 Å². The lowest BCUT2D eigenvalue weighted by molar-refractivity contribution is 0.568. The predicted octanol–water partition coefficient (Wildman–Crippen LogP) is 6.71. The Morgan fingerprint density at radius 2 is 1.25 bits per heavy atom. The molecule has 1 unspecified atom stereocenters. The maximum atomic E-state index is 5.87. The van der Waals surface area contributed by atoms with E-state index in [4.69, 9.17) is 5.73 Å². The summed E-state index contributed by atoms with van der Waals surface area (Å²) in [5.41, 5.74) is 11.0. The van der Waals surface area contributed by atoms with Gasteiger partial charge in [0, 0.05) is 11.6 Å². The number of hydrogen-bond donors (Lipinski definition) is 1. The Kier molecular flexibility index (Phi) is 7.88. The van der Waals surface area contributed by atoms with Crippen molar-refractivity contribution >= 4 is 5.69 Å². The third-order valence-electron chi connectivity index (χ3n) is 4.98. The molecule has 0 saturated heterocycles. The SMILES string of the molecule is CCCCCCCCC(c1ccc(N)cc1)c1ccc(CC)cc1. The lowest BCUT2D eigenvalue weighted by Crippen LogP contribution is -2.02. The van der Waals surface area contributed by atoms with Crippen LogP contribution in [0.25, 0.3) is 0 Å². The average molecular weight is 324 g/mol. The van der Waals surface area contributed by atoms with Gasteiger partial charge in [0.25, 0.3) is 0 Å². The Bertz CT molecular complexity index is 568. The normalized spacial score (nSPS) is 12.2. The van der Waals surface area contributed by atoms with Gasteiger partial charge in [0.2, 0.25) is 0 Å². The van der Waals surface area contributed by atoms with Crippen molar-refractivity contribution < 1.29 is 0 Å². The van der Waals surface area contributed by atoms with Crippen LogP contribution in [0.4, 0.5) is 5.69 Å². The summed E-state index contributed by atoms with van der Waals surface area (Å²) < 4.78 is 0. The van der Waals surface area contributed by atoms with E-state index in [0.29, 0.717) is 5.92 Å². The Balaban J connectivity index is 2.04. The van der Waals surface area contributed by atoms with Crippen molar-refractivity contribution in [3.05, 3.63) is 65.2 Å². The molecule has 1 heteroatoms. The van der Waals surface area contributed by atoms with E-state index >= 15 is 0 Å². The van der Waals surface area contributed by atoms with Crippen LogP contribution in [0.5, 0.6) is 0 Å². The minimum Gasteiger partial charge on any atom is -0.399 e. The fourth-order valence-corrected chi connectivity index (χ4v) is 3.37. The first-order chi connectivity index (χ1) is 11.7. The molecule has 0 fully saturated rings. The molecule has 0 aliphatic rings. The first-order valence-corrected chi connectivity index (χ1v) is 9.68. The Labute approximate surface area is 148 Å². The molecule has 0 saturated carbocycles. The zero-order chi connectivity index (χ0) is 17.2. The molecule has 2 rings (SSSR count). The van der Waals surface area contributed by atoms with Gasteiger partial charge in [-0.15, -0.1) is 0 Å². The maximum Gasteiger partial charge on any atom is 0.0314 e. The Morgan fingerprint density at radius 3 is 1.83 bits per heavy atom. The number of unbranched alkanes of at least 4 members (excludes halogenated alkanes) is 5. The topological polar surface area (TPSA) is 26.0 Å². The summed E-state index contributed by atoms with van der Waals surface area (Å²) in [6, 6.07) is 17.7. The predicted molar refractivity (Wildman–Crippen MR) is 107 cm³/mol. The van der Waals surface area contributed by atoms with E-state index in [2.05, 4.69) is 50.2 Å². The summed E-state index contributed by atoms with van der Waals surface area (Å²) in [6.07, 6.45) is 10.4. The van der Waals surface area contributed by atoms with Gasteiger partial charge < -0.3 is 5.73 Å². The van der Waals surface area contributed by atoms with Crippen molar-refractivity contribution in [1.82, 2.24) is 0 Å². The third kappa shape index (κ3) is 5.70.